The fourth-order valence-corrected chi connectivity index (χ4v) is 4.37. The number of benzene rings is 1. The molecule has 0 saturated heterocycles. The van der Waals surface area contributed by atoms with Gasteiger partial charge in [-0.3, -0.25) is 4.68 Å². The van der Waals surface area contributed by atoms with Gasteiger partial charge in [0.15, 0.2) is 0 Å². The lowest BCUT2D eigenvalue weighted by Crippen LogP contribution is -2.25. The second kappa shape index (κ2) is 8.18. The Hall–Kier alpha value is -1.92. The summed E-state index contributed by atoms with van der Waals surface area (Å²) >= 11 is 0. The molecule has 0 saturated carbocycles. The standard InChI is InChI=1S/C20H27N3O2S/c1-16(2)23-15-19(20(22-23)18-11-7-4-8-12-18)26(24,25)21-14-13-17-9-5-3-6-10-17/h4,7-9,11-12,15-16,21H,3,5-6,10,13-14H2,1-2H3. The van der Waals surface area contributed by atoms with Crippen molar-refractivity contribution in [3.05, 3.63) is 48.2 Å². The first-order valence-corrected chi connectivity index (χ1v) is 10.8. The van der Waals surface area contributed by atoms with Crippen LogP contribution in [0.15, 0.2) is 53.1 Å². The van der Waals surface area contributed by atoms with Gasteiger partial charge in [0, 0.05) is 24.3 Å². The molecule has 0 fully saturated rings. The molecule has 0 spiro atoms. The summed E-state index contributed by atoms with van der Waals surface area (Å²) in [6.45, 7) is 4.40. The highest BCUT2D eigenvalue weighted by molar-refractivity contribution is 7.89. The predicted octanol–water partition coefficient (Wildman–Crippen LogP) is 4.30. The van der Waals surface area contributed by atoms with Crippen molar-refractivity contribution in [1.29, 1.82) is 0 Å². The van der Waals surface area contributed by atoms with Crippen molar-refractivity contribution in [1.82, 2.24) is 14.5 Å². The third-order valence-electron chi connectivity index (χ3n) is 4.69. The van der Waals surface area contributed by atoms with Crippen LogP contribution in [0, 0.1) is 0 Å². The van der Waals surface area contributed by atoms with E-state index in [1.807, 2.05) is 44.2 Å². The van der Waals surface area contributed by atoms with Gasteiger partial charge >= 0.3 is 0 Å². The average molecular weight is 374 g/mol. The third-order valence-corrected chi connectivity index (χ3v) is 6.15. The highest BCUT2D eigenvalue weighted by Crippen LogP contribution is 2.27. The molecule has 0 bridgehead atoms. The van der Waals surface area contributed by atoms with Crippen molar-refractivity contribution in [3.8, 4) is 11.3 Å². The van der Waals surface area contributed by atoms with Crippen molar-refractivity contribution >= 4 is 10.0 Å². The van der Waals surface area contributed by atoms with Gasteiger partial charge in [-0.25, -0.2) is 13.1 Å². The summed E-state index contributed by atoms with van der Waals surface area (Å²) < 4.78 is 30.3. The molecule has 6 heteroatoms. The van der Waals surface area contributed by atoms with E-state index in [-0.39, 0.29) is 10.9 Å². The molecule has 26 heavy (non-hydrogen) atoms. The van der Waals surface area contributed by atoms with E-state index < -0.39 is 10.0 Å². The Balaban J connectivity index is 1.82. The van der Waals surface area contributed by atoms with Crippen LogP contribution < -0.4 is 4.72 Å². The summed E-state index contributed by atoms with van der Waals surface area (Å²) in [5.41, 5.74) is 2.67. The molecule has 1 heterocycles. The van der Waals surface area contributed by atoms with Gasteiger partial charge in [-0.15, -0.1) is 0 Å². The molecule has 1 aromatic heterocycles. The Labute approximate surface area is 156 Å². The van der Waals surface area contributed by atoms with Crippen LogP contribution >= 0.6 is 0 Å². The van der Waals surface area contributed by atoms with Gasteiger partial charge in [0.1, 0.15) is 10.6 Å². The first-order chi connectivity index (χ1) is 12.5. The zero-order valence-electron chi connectivity index (χ0n) is 15.5. The number of nitrogens with zero attached hydrogens (tertiary/aromatic N) is 2. The maximum atomic E-state index is 12.9. The van der Waals surface area contributed by atoms with Crippen LogP contribution in [-0.4, -0.2) is 24.7 Å². The molecule has 1 N–H and O–H groups in total. The van der Waals surface area contributed by atoms with Crippen LogP contribution in [0.1, 0.15) is 52.0 Å². The highest BCUT2D eigenvalue weighted by atomic mass is 32.2. The number of allylic oxidation sites excluding steroid dienone is 1. The smallest absolute Gasteiger partial charge is 0.244 e. The molecule has 2 aromatic rings. The van der Waals surface area contributed by atoms with Crippen LogP contribution in [0.3, 0.4) is 0 Å². The summed E-state index contributed by atoms with van der Waals surface area (Å²) in [7, 11) is -3.61. The largest absolute Gasteiger partial charge is 0.268 e. The van der Waals surface area contributed by atoms with Crippen LogP contribution in [0.4, 0.5) is 0 Å². The number of rotatable bonds is 7. The number of sulfonamides is 1. The van der Waals surface area contributed by atoms with E-state index in [1.165, 1.54) is 18.4 Å². The molecule has 0 aliphatic heterocycles. The van der Waals surface area contributed by atoms with Gasteiger partial charge in [-0.1, -0.05) is 42.0 Å². The quantitative estimate of drug-likeness (QED) is 0.736. The third kappa shape index (κ3) is 4.43. The topological polar surface area (TPSA) is 64.0 Å². The van der Waals surface area contributed by atoms with E-state index in [2.05, 4.69) is 15.9 Å². The van der Waals surface area contributed by atoms with Gasteiger partial charge < -0.3 is 0 Å². The van der Waals surface area contributed by atoms with Crippen molar-refractivity contribution in [2.75, 3.05) is 6.54 Å². The van der Waals surface area contributed by atoms with Crippen LogP contribution in [0.2, 0.25) is 0 Å². The molecule has 3 rings (SSSR count). The molecule has 1 aromatic carbocycles. The molecule has 0 atom stereocenters. The molecular formula is C20H27N3O2S. The lowest BCUT2D eigenvalue weighted by molar-refractivity contribution is 0.532. The zero-order valence-corrected chi connectivity index (χ0v) is 16.3. The van der Waals surface area contributed by atoms with Crippen LogP contribution in [0.25, 0.3) is 11.3 Å². The lowest BCUT2D eigenvalue weighted by Gasteiger charge is -2.13. The van der Waals surface area contributed by atoms with Gasteiger partial charge in [0.2, 0.25) is 10.0 Å². The van der Waals surface area contributed by atoms with E-state index in [1.54, 1.807) is 10.9 Å². The maximum Gasteiger partial charge on any atom is 0.244 e. The summed E-state index contributed by atoms with van der Waals surface area (Å²) in [5.74, 6) is 0. The minimum Gasteiger partial charge on any atom is -0.268 e. The maximum absolute atomic E-state index is 12.9. The van der Waals surface area contributed by atoms with E-state index in [4.69, 9.17) is 0 Å². The number of hydrogen-bond acceptors (Lipinski definition) is 3. The predicted molar refractivity (Wildman–Crippen MR) is 104 cm³/mol. The van der Waals surface area contributed by atoms with Crippen LogP contribution in [0.5, 0.6) is 0 Å². The van der Waals surface area contributed by atoms with Crippen molar-refractivity contribution in [2.45, 2.75) is 56.9 Å². The highest BCUT2D eigenvalue weighted by Gasteiger charge is 2.24. The monoisotopic (exact) mass is 373 g/mol. The molecule has 0 unspecified atom stereocenters. The van der Waals surface area contributed by atoms with Gasteiger partial charge in [0.25, 0.3) is 0 Å². The van der Waals surface area contributed by atoms with E-state index >= 15 is 0 Å². The SMILES string of the molecule is CC(C)n1cc(S(=O)(=O)NCCC2=CCCCC2)c(-c2ccccc2)n1. The van der Waals surface area contributed by atoms with Crippen molar-refractivity contribution in [2.24, 2.45) is 0 Å². The molecule has 0 radical (unpaired) electrons. The minimum atomic E-state index is -3.61. The Morgan fingerprint density at radius 3 is 2.62 bits per heavy atom. The van der Waals surface area contributed by atoms with Gasteiger partial charge in [-0.05, 0) is 46.0 Å². The summed E-state index contributed by atoms with van der Waals surface area (Å²) in [4.78, 5) is 0.245. The van der Waals surface area contributed by atoms with Crippen molar-refractivity contribution < 1.29 is 8.42 Å². The first-order valence-electron chi connectivity index (χ1n) is 9.29. The molecule has 1 aliphatic carbocycles. The number of aromatic nitrogens is 2. The summed E-state index contributed by atoms with van der Waals surface area (Å²) in [6.07, 6.45) is 9.31. The Bertz CT molecular complexity index is 868. The van der Waals surface area contributed by atoms with Crippen molar-refractivity contribution in [3.63, 3.8) is 0 Å². The molecular weight excluding hydrogens is 346 g/mol. The lowest BCUT2D eigenvalue weighted by atomic mass is 9.97. The average Bonchev–Trinajstić information content (AvgIpc) is 3.10. The Morgan fingerprint density at radius 1 is 1.19 bits per heavy atom. The molecule has 140 valence electrons. The van der Waals surface area contributed by atoms with Gasteiger partial charge in [-0.2, -0.15) is 5.10 Å². The molecule has 0 amide bonds. The fraction of sp³-hybridized carbons (Fsp3) is 0.450. The molecule has 5 nitrogen and oxygen atoms in total. The number of hydrogen-bond donors (Lipinski definition) is 1. The summed E-state index contributed by atoms with van der Waals surface area (Å²) in [5, 5.41) is 4.53. The van der Waals surface area contributed by atoms with E-state index in [0.29, 0.717) is 12.2 Å². The number of nitrogens with one attached hydrogen (secondary N) is 1. The first kappa shape index (κ1) is 18.9. The van der Waals surface area contributed by atoms with Gasteiger partial charge in [0.05, 0.1) is 0 Å². The Morgan fingerprint density at radius 2 is 1.96 bits per heavy atom. The minimum absolute atomic E-state index is 0.0915. The second-order valence-corrected chi connectivity index (χ2v) is 8.77. The summed E-state index contributed by atoms with van der Waals surface area (Å²) in [6, 6.07) is 9.56. The van der Waals surface area contributed by atoms with E-state index in [9.17, 15) is 8.42 Å². The van der Waals surface area contributed by atoms with Crippen LogP contribution in [-0.2, 0) is 10.0 Å². The fourth-order valence-electron chi connectivity index (χ4n) is 3.19. The second-order valence-electron chi connectivity index (χ2n) is 7.04. The Kier molecular flexibility index (Phi) is 5.94. The van der Waals surface area contributed by atoms with E-state index in [0.717, 1.165) is 24.8 Å². The molecule has 1 aliphatic rings. The normalized spacial score (nSPS) is 15.3. The zero-order chi connectivity index (χ0) is 18.6.